The molecular formula is C18H27IN6O4. The molecule has 2 aromatic heterocycles. The van der Waals surface area contributed by atoms with Crippen molar-refractivity contribution < 1.29 is 18.7 Å². The van der Waals surface area contributed by atoms with Gasteiger partial charge in [0, 0.05) is 26.6 Å². The van der Waals surface area contributed by atoms with Crippen LogP contribution >= 0.6 is 24.0 Å². The standard InChI is InChI=1S/C18H26N6O4.HI/c1-11-14(17(25)27-4)7-13(28-11)8-20-18(19-2)21-12-5-6-16-22-15(10-26-3)23-24(16)9-12;/h7,12H,5-6,8-10H2,1-4H3,(H2,19,20,21);1H. The number of carbonyl (C=O) groups excluding carboxylic acids is 1. The van der Waals surface area contributed by atoms with Crippen molar-refractivity contribution in [1.82, 2.24) is 25.4 Å². The van der Waals surface area contributed by atoms with Crippen molar-refractivity contribution in [3.05, 3.63) is 34.8 Å². The molecule has 1 aliphatic rings. The zero-order valence-electron chi connectivity index (χ0n) is 17.0. The zero-order chi connectivity index (χ0) is 20.1. The van der Waals surface area contributed by atoms with Crippen molar-refractivity contribution in [3.63, 3.8) is 0 Å². The summed E-state index contributed by atoms with van der Waals surface area (Å²) in [5, 5.41) is 11.1. The average molecular weight is 518 g/mol. The van der Waals surface area contributed by atoms with Crippen molar-refractivity contribution in [2.45, 2.75) is 45.5 Å². The van der Waals surface area contributed by atoms with Gasteiger partial charge in [-0.1, -0.05) is 0 Å². The number of aryl methyl sites for hydroxylation is 2. The summed E-state index contributed by atoms with van der Waals surface area (Å²) in [6, 6.07) is 1.86. The molecule has 0 aromatic carbocycles. The topological polar surface area (TPSA) is 116 Å². The van der Waals surface area contributed by atoms with Gasteiger partial charge in [-0.25, -0.2) is 14.5 Å². The van der Waals surface area contributed by atoms with Crippen LogP contribution in [0.4, 0.5) is 0 Å². The van der Waals surface area contributed by atoms with Gasteiger partial charge in [-0.2, -0.15) is 5.10 Å². The molecule has 0 amide bonds. The maximum atomic E-state index is 11.7. The Balaban J connectivity index is 0.00000300. The molecule has 0 saturated heterocycles. The number of carbonyl (C=O) groups is 1. The number of nitrogens with one attached hydrogen (secondary N) is 2. The van der Waals surface area contributed by atoms with Crippen molar-refractivity contribution in [2.24, 2.45) is 4.99 Å². The Kier molecular flexibility index (Phi) is 8.44. The van der Waals surface area contributed by atoms with Gasteiger partial charge in [0.15, 0.2) is 11.8 Å². The van der Waals surface area contributed by atoms with E-state index in [2.05, 4.69) is 25.7 Å². The molecule has 160 valence electrons. The number of hydrogen-bond donors (Lipinski definition) is 2. The molecule has 2 N–H and O–H groups in total. The number of aliphatic imine (C=N–C) groups is 1. The second-order valence-corrected chi connectivity index (χ2v) is 6.54. The molecule has 11 heteroatoms. The highest BCUT2D eigenvalue weighted by molar-refractivity contribution is 14.0. The van der Waals surface area contributed by atoms with Gasteiger partial charge in [-0.3, -0.25) is 4.99 Å². The highest BCUT2D eigenvalue weighted by Crippen LogP contribution is 2.16. The first-order chi connectivity index (χ1) is 13.5. The fraction of sp³-hybridized carbons (Fsp3) is 0.556. The molecule has 3 heterocycles. The molecule has 10 nitrogen and oxygen atoms in total. The van der Waals surface area contributed by atoms with Gasteiger partial charge in [-0.05, 0) is 19.4 Å². The molecule has 0 radical (unpaired) electrons. The fourth-order valence-corrected chi connectivity index (χ4v) is 3.17. The summed E-state index contributed by atoms with van der Waals surface area (Å²) in [4.78, 5) is 20.4. The Morgan fingerprint density at radius 3 is 2.93 bits per heavy atom. The second kappa shape index (κ2) is 10.6. The molecule has 1 atom stereocenters. The minimum Gasteiger partial charge on any atom is -0.465 e. The van der Waals surface area contributed by atoms with E-state index in [9.17, 15) is 4.79 Å². The number of esters is 1. The molecule has 0 spiro atoms. The van der Waals surface area contributed by atoms with Crippen LogP contribution in [0.5, 0.6) is 0 Å². The molecule has 1 aliphatic heterocycles. The Hall–Kier alpha value is -2.15. The Morgan fingerprint density at radius 1 is 1.45 bits per heavy atom. The maximum absolute atomic E-state index is 11.7. The Labute approximate surface area is 186 Å². The highest BCUT2D eigenvalue weighted by Gasteiger charge is 2.22. The number of hydrogen-bond acceptors (Lipinski definition) is 7. The number of fused-ring (bicyclic) bond motifs is 1. The van der Waals surface area contributed by atoms with Crippen molar-refractivity contribution in [1.29, 1.82) is 0 Å². The van der Waals surface area contributed by atoms with Crippen molar-refractivity contribution >= 4 is 35.9 Å². The predicted octanol–water partition coefficient (Wildman–Crippen LogP) is 1.41. The molecule has 29 heavy (non-hydrogen) atoms. The minimum atomic E-state index is -0.409. The fourth-order valence-electron chi connectivity index (χ4n) is 3.17. The van der Waals surface area contributed by atoms with Crippen LogP contribution < -0.4 is 10.6 Å². The smallest absolute Gasteiger partial charge is 0.341 e. The number of methoxy groups -OCH3 is 2. The SMILES string of the molecule is CN=C(NCc1cc(C(=O)OC)c(C)o1)NC1CCc2nc(COC)nn2C1.I. The number of rotatable bonds is 6. The van der Waals surface area contributed by atoms with E-state index in [1.165, 1.54) is 7.11 Å². The molecule has 0 aliphatic carbocycles. The number of ether oxygens (including phenoxy) is 2. The normalized spacial score (nSPS) is 16.0. The van der Waals surface area contributed by atoms with Crippen LogP contribution in [0.2, 0.25) is 0 Å². The van der Waals surface area contributed by atoms with E-state index >= 15 is 0 Å². The summed E-state index contributed by atoms with van der Waals surface area (Å²) in [7, 11) is 4.69. The third-order valence-corrected chi connectivity index (χ3v) is 4.54. The van der Waals surface area contributed by atoms with E-state index in [4.69, 9.17) is 13.9 Å². The number of nitrogens with zero attached hydrogens (tertiary/aromatic N) is 4. The molecule has 0 bridgehead atoms. The van der Waals surface area contributed by atoms with Crippen molar-refractivity contribution in [2.75, 3.05) is 21.3 Å². The van der Waals surface area contributed by atoms with E-state index in [0.29, 0.717) is 48.6 Å². The van der Waals surface area contributed by atoms with Gasteiger partial charge < -0.3 is 24.5 Å². The summed E-state index contributed by atoms with van der Waals surface area (Å²) in [6.07, 6.45) is 1.77. The largest absolute Gasteiger partial charge is 0.465 e. The number of halogens is 1. The molecule has 2 aromatic rings. The van der Waals surface area contributed by atoms with Crippen LogP contribution in [-0.4, -0.2) is 54.0 Å². The molecular weight excluding hydrogens is 491 g/mol. The van der Waals surface area contributed by atoms with E-state index in [-0.39, 0.29) is 30.0 Å². The number of aromatic nitrogens is 3. The summed E-state index contributed by atoms with van der Waals surface area (Å²) in [5.74, 6) is 3.09. The minimum absolute atomic E-state index is 0. The van der Waals surface area contributed by atoms with Crippen LogP contribution in [0.3, 0.4) is 0 Å². The summed E-state index contributed by atoms with van der Waals surface area (Å²) in [5.41, 5.74) is 0.431. The van der Waals surface area contributed by atoms with Gasteiger partial charge in [0.25, 0.3) is 0 Å². The zero-order valence-corrected chi connectivity index (χ0v) is 19.4. The quantitative estimate of drug-likeness (QED) is 0.255. The van der Waals surface area contributed by atoms with E-state index < -0.39 is 5.97 Å². The lowest BCUT2D eigenvalue weighted by Crippen LogP contribution is -2.46. The van der Waals surface area contributed by atoms with Gasteiger partial charge in [0.1, 0.15) is 29.5 Å². The van der Waals surface area contributed by atoms with Crippen LogP contribution in [0.15, 0.2) is 15.5 Å². The van der Waals surface area contributed by atoms with Crippen LogP contribution in [0.25, 0.3) is 0 Å². The van der Waals surface area contributed by atoms with E-state index in [0.717, 1.165) is 18.7 Å². The lowest BCUT2D eigenvalue weighted by Gasteiger charge is -2.25. The lowest BCUT2D eigenvalue weighted by atomic mass is 10.1. The number of furan rings is 1. The Bertz CT molecular complexity index is 863. The third-order valence-electron chi connectivity index (χ3n) is 4.54. The maximum Gasteiger partial charge on any atom is 0.341 e. The molecule has 1 unspecified atom stereocenters. The van der Waals surface area contributed by atoms with Crippen LogP contribution in [0, 0.1) is 6.92 Å². The first-order valence-electron chi connectivity index (χ1n) is 9.10. The molecule has 0 fully saturated rings. The lowest BCUT2D eigenvalue weighted by molar-refractivity contribution is 0.0599. The summed E-state index contributed by atoms with van der Waals surface area (Å²) < 4.78 is 17.4. The van der Waals surface area contributed by atoms with Crippen LogP contribution in [-0.2, 0) is 35.6 Å². The van der Waals surface area contributed by atoms with Crippen molar-refractivity contribution in [3.8, 4) is 0 Å². The third kappa shape index (κ3) is 5.69. The van der Waals surface area contributed by atoms with Gasteiger partial charge >= 0.3 is 5.97 Å². The monoisotopic (exact) mass is 518 g/mol. The van der Waals surface area contributed by atoms with Gasteiger partial charge in [0.05, 0.1) is 20.2 Å². The van der Waals surface area contributed by atoms with E-state index in [1.54, 1.807) is 27.1 Å². The first-order valence-corrected chi connectivity index (χ1v) is 9.10. The predicted molar refractivity (Wildman–Crippen MR) is 116 cm³/mol. The van der Waals surface area contributed by atoms with Gasteiger partial charge in [-0.15, -0.1) is 24.0 Å². The number of guanidine groups is 1. The second-order valence-electron chi connectivity index (χ2n) is 6.54. The molecule has 0 saturated carbocycles. The molecule has 3 rings (SSSR count). The van der Waals surface area contributed by atoms with E-state index in [1.807, 2.05) is 4.68 Å². The summed E-state index contributed by atoms with van der Waals surface area (Å²) in [6.45, 7) is 3.26. The summed E-state index contributed by atoms with van der Waals surface area (Å²) >= 11 is 0. The van der Waals surface area contributed by atoms with Gasteiger partial charge in [0.2, 0.25) is 0 Å². The first kappa shape index (κ1) is 23.1. The highest BCUT2D eigenvalue weighted by atomic mass is 127. The average Bonchev–Trinajstić information content (AvgIpc) is 3.26. The Morgan fingerprint density at radius 2 is 2.24 bits per heavy atom. The van der Waals surface area contributed by atoms with Crippen LogP contribution in [0.1, 0.15) is 39.9 Å².